The van der Waals surface area contributed by atoms with Crippen molar-refractivity contribution in [3.63, 3.8) is 0 Å². The Morgan fingerprint density at radius 2 is 1.71 bits per heavy atom. The topological polar surface area (TPSA) is 9.23 Å². The van der Waals surface area contributed by atoms with Gasteiger partial charge < -0.3 is 4.43 Å². The van der Waals surface area contributed by atoms with E-state index in [0.717, 1.165) is 6.42 Å². The van der Waals surface area contributed by atoms with Crippen LogP contribution in [0.5, 0.6) is 0 Å². The van der Waals surface area contributed by atoms with Gasteiger partial charge in [0.2, 0.25) is 0 Å². The van der Waals surface area contributed by atoms with E-state index in [9.17, 15) is 0 Å². The van der Waals surface area contributed by atoms with Gasteiger partial charge in [-0.05, 0) is 31.4 Å². The van der Waals surface area contributed by atoms with Crippen molar-refractivity contribution in [1.82, 2.24) is 0 Å². The van der Waals surface area contributed by atoms with Crippen molar-refractivity contribution in [3.05, 3.63) is 6.61 Å². The molecule has 0 aliphatic rings. The van der Waals surface area contributed by atoms with Gasteiger partial charge in [0.25, 0.3) is 0 Å². The fourth-order valence-electron chi connectivity index (χ4n) is 1.32. The van der Waals surface area contributed by atoms with Crippen molar-refractivity contribution < 1.29 is 4.43 Å². The van der Waals surface area contributed by atoms with Crippen LogP contribution in [0.2, 0.25) is 13.1 Å². The first-order valence-corrected chi connectivity index (χ1v) is 8.67. The molecule has 0 atom stereocenters. The summed E-state index contributed by atoms with van der Waals surface area (Å²) >= 11 is 0. The first-order chi connectivity index (χ1) is 6.42. The van der Waals surface area contributed by atoms with E-state index in [-0.39, 0.29) is 0 Å². The van der Waals surface area contributed by atoms with Crippen LogP contribution in [0.4, 0.5) is 0 Å². The SMILES string of the molecule is C[SiH](C)O[CH]CCCCCC(C)(C)C. The molecule has 2 heteroatoms. The summed E-state index contributed by atoms with van der Waals surface area (Å²) in [6, 6.07) is 0. The van der Waals surface area contributed by atoms with Gasteiger partial charge >= 0.3 is 0 Å². The van der Waals surface area contributed by atoms with E-state index >= 15 is 0 Å². The molecular weight excluding hydrogens is 188 g/mol. The molecule has 0 rings (SSSR count). The highest BCUT2D eigenvalue weighted by Crippen LogP contribution is 2.22. The Hall–Kier alpha value is 0.177. The van der Waals surface area contributed by atoms with Crippen molar-refractivity contribution in [2.45, 2.75) is 66.0 Å². The van der Waals surface area contributed by atoms with E-state index in [4.69, 9.17) is 4.43 Å². The van der Waals surface area contributed by atoms with E-state index in [2.05, 4.69) is 33.9 Å². The third-order valence-corrected chi connectivity index (χ3v) is 2.85. The second kappa shape index (κ2) is 7.47. The molecule has 14 heavy (non-hydrogen) atoms. The zero-order valence-electron chi connectivity index (χ0n) is 10.6. The van der Waals surface area contributed by atoms with Gasteiger partial charge in [0, 0.05) is 0 Å². The Morgan fingerprint density at radius 3 is 2.21 bits per heavy atom. The highest BCUT2D eigenvalue weighted by Gasteiger charge is 2.08. The van der Waals surface area contributed by atoms with Crippen molar-refractivity contribution >= 4 is 9.04 Å². The molecule has 0 aliphatic carbocycles. The summed E-state index contributed by atoms with van der Waals surface area (Å²) in [4.78, 5) is 0. The predicted octanol–water partition coefficient (Wildman–Crippen LogP) is 4.14. The molecule has 0 bridgehead atoms. The van der Waals surface area contributed by atoms with Crippen molar-refractivity contribution in [1.29, 1.82) is 0 Å². The van der Waals surface area contributed by atoms with Gasteiger partial charge in [-0.15, -0.1) is 0 Å². The molecule has 0 N–H and O–H groups in total. The third kappa shape index (κ3) is 12.2. The Bertz CT molecular complexity index is 127. The molecule has 0 aromatic heterocycles. The summed E-state index contributed by atoms with van der Waals surface area (Å²) in [6.07, 6.45) is 6.46. The highest BCUT2D eigenvalue weighted by molar-refractivity contribution is 6.48. The number of unbranched alkanes of at least 4 members (excludes halogenated alkanes) is 3. The Labute approximate surface area is 92.0 Å². The average Bonchev–Trinajstić information content (AvgIpc) is 2.00. The molecule has 0 aromatic carbocycles. The molecule has 0 aromatic rings. The molecule has 0 heterocycles. The minimum absolute atomic E-state index is 0.505. The van der Waals surface area contributed by atoms with Crippen molar-refractivity contribution in [2.24, 2.45) is 5.41 Å². The molecule has 0 amide bonds. The van der Waals surface area contributed by atoms with Crippen LogP contribution >= 0.6 is 0 Å². The molecule has 85 valence electrons. The van der Waals surface area contributed by atoms with E-state index < -0.39 is 9.04 Å². The fraction of sp³-hybridized carbons (Fsp3) is 0.917. The second-order valence-electron chi connectivity index (χ2n) is 5.51. The first kappa shape index (κ1) is 14.2. The second-order valence-corrected chi connectivity index (χ2v) is 7.88. The minimum atomic E-state index is -0.812. The predicted molar refractivity (Wildman–Crippen MR) is 66.8 cm³/mol. The van der Waals surface area contributed by atoms with Crippen LogP contribution in [-0.2, 0) is 4.43 Å². The summed E-state index contributed by atoms with van der Waals surface area (Å²) in [5.41, 5.74) is 0.505. The third-order valence-electron chi connectivity index (χ3n) is 2.12. The lowest BCUT2D eigenvalue weighted by Crippen LogP contribution is -2.05. The first-order valence-electron chi connectivity index (χ1n) is 5.89. The lowest BCUT2D eigenvalue weighted by molar-refractivity contribution is 0.351. The smallest absolute Gasteiger partial charge is 0.171 e. The van der Waals surface area contributed by atoms with Gasteiger partial charge in [-0.3, -0.25) is 0 Å². The standard InChI is InChI=1S/C12H27OSi/c1-12(2,3)10-8-6-7-9-11-13-14(4)5/h11,14H,6-10H2,1-5H3. The van der Waals surface area contributed by atoms with Crippen LogP contribution in [0.25, 0.3) is 0 Å². The quantitative estimate of drug-likeness (QED) is 0.458. The maximum absolute atomic E-state index is 5.50. The van der Waals surface area contributed by atoms with Crippen LogP contribution < -0.4 is 0 Å². The molecule has 0 aliphatic heterocycles. The molecule has 0 fully saturated rings. The molecule has 0 spiro atoms. The van der Waals surface area contributed by atoms with E-state index in [1.54, 1.807) is 0 Å². The van der Waals surface area contributed by atoms with E-state index in [1.807, 2.05) is 6.61 Å². The molecule has 0 unspecified atom stereocenters. The zero-order valence-corrected chi connectivity index (χ0v) is 11.8. The number of hydrogen-bond donors (Lipinski definition) is 0. The van der Waals surface area contributed by atoms with Gasteiger partial charge in [0.1, 0.15) is 0 Å². The van der Waals surface area contributed by atoms with Crippen molar-refractivity contribution in [2.75, 3.05) is 0 Å². The molecular formula is C12H27OSi. The number of hydrogen-bond acceptors (Lipinski definition) is 1. The summed E-state index contributed by atoms with van der Waals surface area (Å²) in [5.74, 6) is 0. The van der Waals surface area contributed by atoms with Gasteiger partial charge in [0.05, 0.1) is 6.61 Å². The molecule has 0 saturated carbocycles. The Kier molecular flexibility index (Phi) is 7.56. The normalized spacial score (nSPS) is 12.4. The maximum atomic E-state index is 5.50. The van der Waals surface area contributed by atoms with Crippen LogP contribution in [0.3, 0.4) is 0 Å². The highest BCUT2D eigenvalue weighted by atomic mass is 28.3. The lowest BCUT2D eigenvalue weighted by atomic mass is 9.89. The van der Waals surface area contributed by atoms with Crippen molar-refractivity contribution in [3.8, 4) is 0 Å². The number of rotatable bonds is 7. The van der Waals surface area contributed by atoms with Crippen LogP contribution in [-0.4, -0.2) is 9.04 Å². The van der Waals surface area contributed by atoms with Crippen LogP contribution in [0.1, 0.15) is 52.9 Å². The minimum Gasteiger partial charge on any atom is -0.415 e. The summed E-state index contributed by atoms with van der Waals surface area (Å²) in [7, 11) is -0.812. The van der Waals surface area contributed by atoms with E-state index in [1.165, 1.54) is 25.7 Å². The maximum Gasteiger partial charge on any atom is 0.171 e. The summed E-state index contributed by atoms with van der Waals surface area (Å²) in [5, 5.41) is 0. The average molecular weight is 215 g/mol. The van der Waals surface area contributed by atoms with Gasteiger partial charge in [-0.1, -0.05) is 40.0 Å². The van der Waals surface area contributed by atoms with Gasteiger partial charge in [0.15, 0.2) is 9.04 Å². The molecule has 1 radical (unpaired) electrons. The van der Waals surface area contributed by atoms with Crippen LogP contribution in [0, 0.1) is 12.0 Å². The summed E-state index contributed by atoms with van der Waals surface area (Å²) in [6.45, 7) is 13.4. The Morgan fingerprint density at radius 1 is 1.07 bits per heavy atom. The lowest BCUT2D eigenvalue weighted by Gasteiger charge is -2.17. The Balaban J connectivity index is 3.07. The van der Waals surface area contributed by atoms with Gasteiger partial charge in [-0.2, -0.15) is 0 Å². The largest absolute Gasteiger partial charge is 0.415 e. The summed E-state index contributed by atoms with van der Waals surface area (Å²) < 4.78 is 5.50. The van der Waals surface area contributed by atoms with Gasteiger partial charge in [-0.25, -0.2) is 0 Å². The zero-order chi connectivity index (χ0) is 11.0. The fourth-order valence-corrected chi connectivity index (χ4v) is 1.84. The monoisotopic (exact) mass is 215 g/mol. The molecule has 0 saturated heterocycles. The molecule has 1 nitrogen and oxygen atoms in total. The van der Waals surface area contributed by atoms with Crippen LogP contribution in [0.15, 0.2) is 0 Å². The van der Waals surface area contributed by atoms with E-state index in [0.29, 0.717) is 5.41 Å².